The topological polar surface area (TPSA) is 81.2 Å². The highest BCUT2D eigenvalue weighted by Gasteiger charge is 2.22. The number of aryl methyl sites for hydroxylation is 1. The van der Waals surface area contributed by atoms with Crippen LogP contribution in [0.5, 0.6) is 0 Å². The molecule has 10 heteroatoms. The second-order valence-corrected chi connectivity index (χ2v) is 9.26. The van der Waals surface area contributed by atoms with Gasteiger partial charge >= 0.3 is 0 Å². The number of anilines is 1. The number of aliphatic hydroxyl groups excluding tert-OH is 1. The molecule has 0 saturated carbocycles. The number of nitrogens with zero attached hydrogens (tertiary/aromatic N) is 6. The van der Waals surface area contributed by atoms with Gasteiger partial charge in [-0.1, -0.05) is 35.5 Å². The van der Waals surface area contributed by atoms with E-state index in [-0.39, 0.29) is 6.61 Å². The van der Waals surface area contributed by atoms with Gasteiger partial charge in [-0.2, -0.15) is 0 Å². The lowest BCUT2D eigenvalue weighted by molar-refractivity contribution is 0.122. The highest BCUT2D eigenvalue weighted by Crippen LogP contribution is 2.31. The van der Waals surface area contributed by atoms with Gasteiger partial charge in [0.25, 0.3) is 0 Å². The van der Waals surface area contributed by atoms with Crippen molar-refractivity contribution in [2.24, 2.45) is 0 Å². The van der Waals surface area contributed by atoms with Crippen LogP contribution in [-0.4, -0.2) is 62.3 Å². The second kappa shape index (κ2) is 9.72. The average Bonchev–Trinajstić information content (AvgIpc) is 3.40. The number of morpholine rings is 1. The first-order valence-corrected chi connectivity index (χ1v) is 12.2. The van der Waals surface area contributed by atoms with E-state index in [0.29, 0.717) is 30.5 Å². The van der Waals surface area contributed by atoms with Gasteiger partial charge in [0.1, 0.15) is 5.82 Å². The molecule has 1 saturated heterocycles. The summed E-state index contributed by atoms with van der Waals surface area (Å²) in [4.78, 5) is 7.00. The van der Waals surface area contributed by atoms with Crippen molar-refractivity contribution in [2.75, 3.05) is 37.8 Å². The SMILES string of the molecule is Cc1cccc(-n2c(SCc3nc4ccc(Cl)cc4n3CCO)nnc2N2CCOCC2)c1. The number of benzene rings is 2. The number of rotatable bonds is 7. The molecule has 2 aromatic carbocycles. The van der Waals surface area contributed by atoms with Crippen molar-refractivity contribution in [3.8, 4) is 5.69 Å². The maximum atomic E-state index is 9.61. The molecule has 0 atom stereocenters. The maximum Gasteiger partial charge on any atom is 0.232 e. The molecule has 5 rings (SSSR count). The fraction of sp³-hybridized carbons (Fsp3) is 0.348. The summed E-state index contributed by atoms with van der Waals surface area (Å²) in [5.41, 5.74) is 3.98. The monoisotopic (exact) mass is 484 g/mol. The Labute approximate surface area is 201 Å². The maximum absolute atomic E-state index is 9.61. The predicted molar refractivity (Wildman–Crippen MR) is 131 cm³/mol. The molecule has 33 heavy (non-hydrogen) atoms. The van der Waals surface area contributed by atoms with Crippen molar-refractivity contribution in [2.45, 2.75) is 24.4 Å². The van der Waals surface area contributed by atoms with Crippen LogP contribution in [0.1, 0.15) is 11.4 Å². The molecular weight excluding hydrogens is 460 g/mol. The molecule has 2 aromatic heterocycles. The van der Waals surface area contributed by atoms with Gasteiger partial charge in [0.05, 0.1) is 42.3 Å². The van der Waals surface area contributed by atoms with E-state index in [1.807, 2.05) is 28.8 Å². The predicted octanol–water partition coefficient (Wildman–Crippen LogP) is 3.70. The van der Waals surface area contributed by atoms with Crippen molar-refractivity contribution < 1.29 is 9.84 Å². The third kappa shape index (κ3) is 4.59. The van der Waals surface area contributed by atoms with Gasteiger partial charge in [0.2, 0.25) is 5.95 Å². The molecule has 1 aliphatic rings. The van der Waals surface area contributed by atoms with Crippen LogP contribution < -0.4 is 4.90 Å². The Morgan fingerprint density at radius 3 is 2.76 bits per heavy atom. The number of thioether (sulfide) groups is 1. The fourth-order valence-electron chi connectivity index (χ4n) is 4.05. The zero-order chi connectivity index (χ0) is 22.8. The number of fused-ring (bicyclic) bond motifs is 1. The number of aromatic nitrogens is 5. The second-order valence-electron chi connectivity index (χ2n) is 7.88. The quantitative estimate of drug-likeness (QED) is 0.400. The lowest BCUT2D eigenvalue weighted by Gasteiger charge is -2.28. The number of halogens is 1. The molecule has 8 nitrogen and oxygen atoms in total. The first kappa shape index (κ1) is 22.2. The zero-order valence-corrected chi connectivity index (χ0v) is 19.9. The number of hydrogen-bond acceptors (Lipinski definition) is 7. The fourth-order valence-corrected chi connectivity index (χ4v) is 5.11. The van der Waals surface area contributed by atoms with E-state index >= 15 is 0 Å². The van der Waals surface area contributed by atoms with Crippen LogP contribution >= 0.6 is 23.4 Å². The van der Waals surface area contributed by atoms with E-state index in [1.54, 1.807) is 11.8 Å². The smallest absolute Gasteiger partial charge is 0.232 e. The molecule has 4 aromatic rings. The molecule has 3 heterocycles. The molecule has 1 fully saturated rings. The highest BCUT2D eigenvalue weighted by atomic mass is 35.5. The van der Waals surface area contributed by atoms with Gasteiger partial charge in [0, 0.05) is 24.7 Å². The molecule has 1 aliphatic heterocycles. The summed E-state index contributed by atoms with van der Waals surface area (Å²) in [7, 11) is 0. The number of hydrogen-bond donors (Lipinski definition) is 1. The molecule has 0 aliphatic carbocycles. The van der Waals surface area contributed by atoms with Crippen LogP contribution in [0.15, 0.2) is 47.6 Å². The minimum absolute atomic E-state index is 0.0241. The van der Waals surface area contributed by atoms with Gasteiger partial charge in [-0.05, 0) is 42.8 Å². The summed E-state index contributed by atoms with van der Waals surface area (Å²) < 4.78 is 9.65. The number of imidazole rings is 1. The molecule has 0 bridgehead atoms. The lowest BCUT2D eigenvalue weighted by Crippen LogP contribution is -2.37. The van der Waals surface area contributed by atoms with Crippen LogP contribution in [0.2, 0.25) is 5.02 Å². The Hall–Kier alpha value is -2.59. The third-order valence-corrected chi connectivity index (χ3v) is 6.77. The Morgan fingerprint density at radius 2 is 1.97 bits per heavy atom. The first-order valence-electron chi connectivity index (χ1n) is 10.9. The number of ether oxygens (including phenoxy) is 1. The minimum Gasteiger partial charge on any atom is -0.395 e. The summed E-state index contributed by atoms with van der Waals surface area (Å²) in [5, 5.41) is 20.1. The van der Waals surface area contributed by atoms with E-state index in [0.717, 1.165) is 46.7 Å². The summed E-state index contributed by atoms with van der Waals surface area (Å²) in [6.45, 7) is 5.47. The van der Waals surface area contributed by atoms with Gasteiger partial charge in [-0.15, -0.1) is 10.2 Å². The van der Waals surface area contributed by atoms with Crippen LogP contribution in [0, 0.1) is 6.92 Å². The van der Waals surface area contributed by atoms with E-state index in [2.05, 4.69) is 44.8 Å². The van der Waals surface area contributed by atoms with Crippen LogP contribution in [0.4, 0.5) is 5.95 Å². The van der Waals surface area contributed by atoms with Gasteiger partial charge in [-0.3, -0.25) is 4.57 Å². The van der Waals surface area contributed by atoms with Crippen molar-refractivity contribution >= 4 is 40.3 Å². The van der Waals surface area contributed by atoms with E-state index in [4.69, 9.17) is 21.3 Å². The normalized spacial score (nSPS) is 14.3. The Balaban J connectivity index is 1.50. The standard InChI is InChI=1S/C23H25ClN6O2S/c1-16-3-2-4-18(13-16)30-22(28-8-11-32-12-9-28)26-27-23(30)33-15-21-25-19-6-5-17(24)14-20(19)29(21)7-10-31/h2-6,13-14,31H,7-12,15H2,1H3. The first-order chi connectivity index (χ1) is 16.1. The molecule has 0 unspecified atom stereocenters. The van der Waals surface area contributed by atoms with E-state index in [9.17, 15) is 5.11 Å². The zero-order valence-electron chi connectivity index (χ0n) is 18.3. The average molecular weight is 485 g/mol. The summed E-state index contributed by atoms with van der Waals surface area (Å²) in [6.07, 6.45) is 0. The molecule has 0 spiro atoms. The van der Waals surface area contributed by atoms with Gasteiger partial charge in [0.15, 0.2) is 5.16 Å². The van der Waals surface area contributed by atoms with Gasteiger partial charge in [-0.25, -0.2) is 4.98 Å². The number of aliphatic hydroxyl groups is 1. The van der Waals surface area contributed by atoms with E-state index in [1.165, 1.54) is 5.56 Å². The van der Waals surface area contributed by atoms with Crippen LogP contribution in [0.3, 0.4) is 0 Å². The third-order valence-electron chi connectivity index (χ3n) is 5.61. The Morgan fingerprint density at radius 1 is 1.12 bits per heavy atom. The summed E-state index contributed by atoms with van der Waals surface area (Å²) in [5.74, 6) is 2.26. The van der Waals surface area contributed by atoms with Crippen molar-refractivity contribution in [1.29, 1.82) is 0 Å². The Kier molecular flexibility index (Phi) is 6.55. The minimum atomic E-state index is 0.0241. The molecule has 172 valence electrons. The van der Waals surface area contributed by atoms with Crippen LogP contribution in [-0.2, 0) is 17.0 Å². The molecule has 0 radical (unpaired) electrons. The van der Waals surface area contributed by atoms with Crippen molar-refractivity contribution in [1.82, 2.24) is 24.3 Å². The van der Waals surface area contributed by atoms with Crippen molar-refractivity contribution in [3.63, 3.8) is 0 Å². The molecule has 1 N–H and O–H groups in total. The highest BCUT2D eigenvalue weighted by molar-refractivity contribution is 7.98. The van der Waals surface area contributed by atoms with Gasteiger partial charge < -0.3 is 19.3 Å². The van der Waals surface area contributed by atoms with Crippen LogP contribution in [0.25, 0.3) is 16.7 Å². The molecular formula is C23H25ClN6O2S. The Bertz CT molecular complexity index is 1270. The summed E-state index contributed by atoms with van der Waals surface area (Å²) >= 11 is 7.79. The summed E-state index contributed by atoms with van der Waals surface area (Å²) in [6, 6.07) is 14.0. The van der Waals surface area contributed by atoms with E-state index < -0.39 is 0 Å². The lowest BCUT2D eigenvalue weighted by atomic mass is 10.2. The largest absolute Gasteiger partial charge is 0.395 e. The van der Waals surface area contributed by atoms with Crippen molar-refractivity contribution in [3.05, 3.63) is 58.9 Å². The molecule has 0 amide bonds.